The summed E-state index contributed by atoms with van der Waals surface area (Å²) >= 11 is 5.85. The van der Waals surface area contributed by atoms with Gasteiger partial charge in [-0.3, -0.25) is 0 Å². The highest BCUT2D eigenvalue weighted by Gasteiger charge is 2.23. The molecule has 5 heteroatoms. The number of rotatable bonds is 0. The number of halogens is 1. The third kappa shape index (κ3) is 1.32. The number of hydrogen-bond donors (Lipinski definition) is 2. The summed E-state index contributed by atoms with van der Waals surface area (Å²) in [5.74, 6) is 0.943. The van der Waals surface area contributed by atoms with E-state index in [-0.39, 0.29) is 6.10 Å². The summed E-state index contributed by atoms with van der Waals surface area (Å²) in [5, 5.41) is 0.388. The maximum absolute atomic E-state index is 5.85. The molecule has 76 valence electrons. The normalized spacial score (nSPS) is 19.4. The molecule has 0 fully saturated rings. The van der Waals surface area contributed by atoms with Gasteiger partial charge in [0.2, 0.25) is 0 Å². The van der Waals surface area contributed by atoms with Crippen molar-refractivity contribution in [2.24, 2.45) is 0 Å². The van der Waals surface area contributed by atoms with E-state index >= 15 is 0 Å². The van der Waals surface area contributed by atoms with Crippen LogP contribution in [0, 0.1) is 0 Å². The van der Waals surface area contributed by atoms with Crippen molar-refractivity contribution < 1.29 is 9.47 Å². The lowest BCUT2D eigenvalue weighted by Gasteiger charge is -2.26. The van der Waals surface area contributed by atoms with Crippen LogP contribution in [0.25, 0.3) is 0 Å². The Labute approximate surface area is 86.7 Å². The molecular weight excluding hydrogens is 204 g/mol. The van der Waals surface area contributed by atoms with Crippen LogP contribution in [-0.2, 0) is 0 Å². The fraction of sp³-hybridized carbons (Fsp3) is 0.333. The van der Waals surface area contributed by atoms with Crippen LogP contribution in [0.2, 0.25) is 5.02 Å². The van der Waals surface area contributed by atoms with Crippen LogP contribution < -0.4 is 20.9 Å². The van der Waals surface area contributed by atoms with Crippen molar-refractivity contribution in [2.75, 3.05) is 18.1 Å². The molecule has 1 aromatic rings. The van der Waals surface area contributed by atoms with Crippen LogP contribution in [0.3, 0.4) is 0 Å². The predicted molar refractivity (Wildman–Crippen MR) is 55.9 cm³/mol. The minimum atomic E-state index is -0.0228. The summed E-state index contributed by atoms with van der Waals surface area (Å²) in [6, 6.07) is 1.57. The van der Waals surface area contributed by atoms with Crippen LogP contribution in [0.15, 0.2) is 6.07 Å². The second-order valence-electron chi connectivity index (χ2n) is 3.26. The molecule has 1 heterocycles. The zero-order valence-electron chi connectivity index (χ0n) is 7.71. The Balaban J connectivity index is 2.57. The third-order valence-electron chi connectivity index (χ3n) is 2.03. The van der Waals surface area contributed by atoms with Crippen molar-refractivity contribution in [3.8, 4) is 11.5 Å². The topological polar surface area (TPSA) is 70.5 Å². The fourth-order valence-corrected chi connectivity index (χ4v) is 1.55. The summed E-state index contributed by atoms with van der Waals surface area (Å²) in [7, 11) is 0. The first-order valence-corrected chi connectivity index (χ1v) is 4.64. The predicted octanol–water partition coefficient (Wildman–Crippen LogP) is 1.66. The van der Waals surface area contributed by atoms with Gasteiger partial charge in [0.1, 0.15) is 12.7 Å². The number of benzene rings is 1. The SMILES string of the molecule is CC1COc2c(N)c(Cl)cc(N)c2O1. The van der Waals surface area contributed by atoms with E-state index in [9.17, 15) is 0 Å². The first-order chi connectivity index (χ1) is 6.59. The van der Waals surface area contributed by atoms with E-state index < -0.39 is 0 Å². The largest absolute Gasteiger partial charge is 0.484 e. The van der Waals surface area contributed by atoms with Crippen molar-refractivity contribution in [1.29, 1.82) is 0 Å². The van der Waals surface area contributed by atoms with E-state index in [4.69, 9.17) is 32.5 Å². The van der Waals surface area contributed by atoms with Crippen LogP contribution in [0.5, 0.6) is 11.5 Å². The molecule has 4 nitrogen and oxygen atoms in total. The molecule has 0 amide bonds. The molecule has 14 heavy (non-hydrogen) atoms. The van der Waals surface area contributed by atoms with Crippen LogP contribution in [0.1, 0.15) is 6.92 Å². The number of hydrogen-bond acceptors (Lipinski definition) is 4. The lowest BCUT2D eigenvalue weighted by molar-refractivity contribution is 0.106. The average molecular weight is 215 g/mol. The Bertz CT molecular complexity index is 382. The molecule has 0 spiro atoms. The molecule has 0 bridgehead atoms. The number of ether oxygens (including phenoxy) is 2. The molecule has 2 rings (SSSR count). The van der Waals surface area contributed by atoms with E-state index in [0.717, 1.165) is 0 Å². The second kappa shape index (κ2) is 3.13. The van der Waals surface area contributed by atoms with Gasteiger partial charge in [0.25, 0.3) is 0 Å². The molecule has 0 saturated carbocycles. The lowest BCUT2D eigenvalue weighted by Crippen LogP contribution is -2.27. The van der Waals surface area contributed by atoms with E-state index in [0.29, 0.717) is 34.5 Å². The van der Waals surface area contributed by atoms with Crippen molar-refractivity contribution in [1.82, 2.24) is 0 Å². The van der Waals surface area contributed by atoms with Gasteiger partial charge >= 0.3 is 0 Å². The minimum Gasteiger partial charge on any atom is -0.484 e. The minimum absolute atomic E-state index is 0.0228. The molecule has 1 aromatic carbocycles. The number of fused-ring (bicyclic) bond motifs is 1. The highest BCUT2D eigenvalue weighted by atomic mass is 35.5. The monoisotopic (exact) mass is 214 g/mol. The first-order valence-electron chi connectivity index (χ1n) is 4.26. The van der Waals surface area contributed by atoms with Crippen molar-refractivity contribution in [3.05, 3.63) is 11.1 Å². The second-order valence-corrected chi connectivity index (χ2v) is 3.67. The van der Waals surface area contributed by atoms with Crippen LogP contribution in [0.4, 0.5) is 11.4 Å². The van der Waals surface area contributed by atoms with Gasteiger partial charge < -0.3 is 20.9 Å². The van der Waals surface area contributed by atoms with Gasteiger partial charge in [0, 0.05) is 0 Å². The molecule has 1 atom stereocenters. The zero-order valence-corrected chi connectivity index (χ0v) is 8.47. The Morgan fingerprint density at radius 2 is 2.14 bits per heavy atom. The Morgan fingerprint density at radius 3 is 2.86 bits per heavy atom. The van der Waals surface area contributed by atoms with E-state index in [1.54, 1.807) is 6.07 Å². The molecule has 1 aliphatic heterocycles. The summed E-state index contributed by atoms with van der Waals surface area (Å²) in [5.41, 5.74) is 12.3. The molecule has 4 N–H and O–H groups in total. The van der Waals surface area contributed by atoms with E-state index in [1.165, 1.54) is 0 Å². The Morgan fingerprint density at radius 1 is 1.43 bits per heavy atom. The van der Waals surface area contributed by atoms with E-state index in [1.807, 2.05) is 6.92 Å². The molecule has 0 radical (unpaired) electrons. The van der Waals surface area contributed by atoms with E-state index in [2.05, 4.69) is 0 Å². The summed E-state index contributed by atoms with van der Waals surface area (Å²) in [6.07, 6.45) is -0.0228. The Kier molecular flexibility index (Phi) is 2.07. The van der Waals surface area contributed by atoms with Gasteiger partial charge in [-0.05, 0) is 13.0 Å². The van der Waals surface area contributed by atoms with Gasteiger partial charge in [-0.2, -0.15) is 0 Å². The number of nitrogens with two attached hydrogens (primary N) is 2. The van der Waals surface area contributed by atoms with Crippen LogP contribution in [-0.4, -0.2) is 12.7 Å². The fourth-order valence-electron chi connectivity index (χ4n) is 1.34. The highest BCUT2D eigenvalue weighted by Crippen LogP contribution is 2.45. The smallest absolute Gasteiger partial charge is 0.188 e. The van der Waals surface area contributed by atoms with Crippen molar-refractivity contribution >= 4 is 23.0 Å². The van der Waals surface area contributed by atoms with Gasteiger partial charge in [-0.15, -0.1) is 0 Å². The lowest BCUT2D eigenvalue weighted by atomic mass is 10.2. The van der Waals surface area contributed by atoms with Gasteiger partial charge in [0.15, 0.2) is 11.5 Å². The van der Waals surface area contributed by atoms with Crippen LogP contribution >= 0.6 is 11.6 Å². The summed E-state index contributed by atoms with van der Waals surface area (Å²) in [4.78, 5) is 0. The van der Waals surface area contributed by atoms with Crippen molar-refractivity contribution in [3.63, 3.8) is 0 Å². The summed E-state index contributed by atoms with van der Waals surface area (Å²) in [6.45, 7) is 2.35. The standard InChI is InChI=1S/C9H11ClN2O2/c1-4-3-13-9-7(12)5(10)2-6(11)8(9)14-4/h2,4H,3,11-12H2,1H3. The number of anilines is 2. The molecule has 0 saturated heterocycles. The zero-order chi connectivity index (χ0) is 10.3. The van der Waals surface area contributed by atoms with Gasteiger partial charge in [0.05, 0.1) is 16.4 Å². The average Bonchev–Trinajstić information content (AvgIpc) is 2.14. The first kappa shape index (κ1) is 9.27. The summed E-state index contributed by atoms with van der Waals surface area (Å²) < 4.78 is 10.9. The molecule has 1 aliphatic rings. The number of nitrogen functional groups attached to an aromatic ring is 2. The molecule has 0 aromatic heterocycles. The van der Waals surface area contributed by atoms with Gasteiger partial charge in [-0.1, -0.05) is 11.6 Å². The van der Waals surface area contributed by atoms with Crippen molar-refractivity contribution in [2.45, 2.75) is 13.0 Å². The maximum Gasteiger partial charge on any atom is 0.188 e. The third-order valence-corrected chi connectivity index (χ3v) is 2.35. The molecule has 1 unspecified atom stereocenters. The van der Waals surface area contributed by atoms with Gasteiger partial charge in [-0.25, -0.2) is 0 Å². The Hall–Kier alpha value is -1.29. The highest BCUT2D eigenvalue weighted by molar-refractivity contribution is 6.34. The quantitative estimate of drug-likeness (QED) is 0.645. The molecule has 0 aliphatic carbocycles. The maximum atomic E-state index is 5.85. The molecular formula is C9H11ClN2O2.